The van der Waals surface area contributed by atoms with Gasteiger partial charge in [-0.25, -0.2) is 8.42 Å². The van der Waals surface area contributed by atoms with Gasteiger partial charge in [0.2, 0.25) is 0 Å². The van der Waals surface area contributed by atoms with Crippen LogP contribution in [-0.2, 0) is 14.6 Å². The van der Waals surface area contributed by atoms with Crippen molar-refractivity contribution in [3.8, 4) is 0 Å². The van der Waals surface area contributed by atoms with Crippen molar-refractivity contribution in [1.29, 1.82) is 0 Å². The standard InChI is InChI=1S/C17H19NO4S/c1-14-7-9-15(10-8-14)18(17(20)13-19)11-12-23(21,22)16-5-3-2-4-6-16/h2-10,19H,11-13H2,1H3. The summed E-state index contributed by atoms with van der Waals surface area (Å²) in [5, 5.41) is 9.13. The minimum Gasteiger partial charge on any atom is -0.387 e. The third-order valence-electron chi connectivity index (χ3n) is 3.47. The second-order valence-corrected chi connectivity index (χ2v) is 7.28. The van der Waals surface area contributed by atoms with Crippen LogP contribution in [0.15, 0.2) is 59.5 Å². The molecule has 0 aliphatic carbocycles. The van der Waals surface area contributed by atoms with E-state index in [4.69, 9.17) is 5.11 Å². The number of nitrogens with zero attached hydrogens (tertiary/aromatic N) is 1. The molecule has 0 aliphatic heterocycles. The number of rotatable bonds is 6. The van der Waals surface area contributed by atoms with Crippen LogP contribution < -0.4 is 4.90 Å². The van der Waals surface area contributed by atoms with Gasteiger partial charge in [0.05, 0.1) is 10.6 Å². The number of hydrogen-bond donors (Lipinski definition) is 1. The molecule has 2 aromatic carbocycles. The largest absolute Gasteiger partial charge is 0.387 e. The number of aliphatic hydroxyl groups excluding tert-OH is 1. The number of amides is 1. The first-order chi connectivity index (χ1) is 10.9. The van der Waals surface area contributed by atoms with E-state index in [2.05, 4.69) is 0 Å². The van der Waals surface area contributed by atoms with Crippen molar-refractivity contribution in [1.82, 2.24) is 0 Å². The molecular formula is C17H19NO4S. The summed E-state index contributed by atoms with van der Waals surface area (Å²) in [7, 11) is -3.49. The van der Waals surface area contributed by atoms with Crippen LogP contribution in [0.3, 0.4) is 0 Å². The molecule has 0 fully saturated rings. The van der Waals surface area contributed by atoms with Gasteiger partial charge in [-0.05, 0) is 31.2 Å². The van der Waals surface area contributed by atoms with Crippen molar-refractivity contribution in [2.75, 3.05) is 23.8 Å². The predicted octanol–water partition coefficient (Wildman–Crippen LogP) is 1.79. The van der Waals surface area contributed by atoms with Gasteiger partial charge in [0.25, 0.3) is 5.91 Å². The molecule has 23 heavy (non-hydrogen) atoms. The average Bonchev–Trinajstić information content (AvgIpc) is 2.57. The van der Waals surface area contributed by atoms with Crippen LogP contribution in [0, 0.1) is 6.92 Å². The van der Waals surface area contributed by atoms with E-state index in [9.17, 15) is 13.2 Å². The van der Waals surface area contributed by atoms with Crippen molar-refractivity contribution in [2.45, 2.75) is 11.8 Å². The molecular weight excluding hydrogens is 314 g/mol. The van der Waals surface area contributed by atoms with E-state index in [0.29, 0.717) is 5.69 Å². The van der Waals surface area contributed by atoms with Gasteiger partial charge in [-0.2, -0.15) is 0 Å². The minimum absolute atomic E-state index is 0.0142. The molecule has 2 rings (SSSR count). The Kier molecular flexibility index (Phi) is 5.52. The van der Waals surface area contributed by atoms with Gasteiger partial charge in [-0.1, -0.05) is 35.9 Å². The SMILES string of the molecule is Cc1ccc(N(CCS(=O)(=O)c2ccccc2)C(=O)CO)cc1. The van der Waals surface area contributed by atoms with Gasteiger partial charge in [0.15, 0.2) is 9.84 Å². The Morgan fingerprint density at radius 3 is 2.22 bits per heavy atom. The Hall–Kier alpha value is -2.18. The molecule has 0 spiro atoms. The zero-order valence-corrected chi connectivity index (χ0v) is 13.7. The molecule has 0 aromatic heterocycles. The van der Waals surface area contributed by atoms with E-state index in [0.717, 1.165) is 5.56 Å². The topological polar surface area (TPSA) is 74.7 Å². The number of anilines is 1. The Labute approximate surface area is 136 Å². The average molecular weight is 333 g/mol. The number of carbonyl (C=O) groups excluding carboxylic acids is 1. The van der Waals surface area contributed by atoms with Gasteiger partial charge in [-0.15, -0.1) is 0 Å². The van der Waals surface area contributed by atoms with E-state index in [1.165, 1.54) is 17.0 Å². The maximum Gasteiger partial charge on any atom is 0.252 e. The molecule has 0 saturated heterocycles. The fraction of sp³-hybridized carbons (Fsp3) is 0.235. The lowest BCUT2D eigenvalue weighted by Crippen LogP contribution is -2.37. The van der Waals surface area contributed by atoms with Crippen molar-refractivity contribution in [2.24, 2.45) is 0 Å². The summed E-state index contributed by atoms with van der Waals surface area (Å²) < 4.78 is 24.7. The maximum absolute atomic E-state index is 12.3. The van der Waals surface area contributed by atoms with Gasteiger partial charge >= 0.3 is 0 Å². The van der Waals surface area contributed by atoms with E-state index >= 15 is 0 Å². The minimum atomic E-state index is -3.49. The quantitative estimate of drug-likeness (QED) is 0.875. The molecule has 5 nitrogen and oxygen atoms in total. The number of hydrogen-bond acceptors (Lipinski definition) is 4. The first kappa shape index (κ1) is 17.2. The smallest absolute Gasteiger partial charge is 0.252 e. The summed E-state index contributed by atoms with van der Waals surface area (Å²) in [5.74, 6) is -0.742. The fourth-order valence-corrected chi connectivity index (χ4v) is 3.40. The Balaban J connectivity index is 2.19. The molecule has 122 valence electrons. The van der Waals surface area contributed by atoms with Gasteiger partial charge in [-0.3, -0.25) is 4.79 Å². The summed E-state index contributed by atoms with van der Waals surface area (Å²) in [6, 6.07) is 15.2. The summed E-state index contributed by atoms with van der Waals surface area (Å²) in [6.45, 7) is 1.24. The van der Waals surface area contributed by atoms with Crippen LogP contribution in [0.2, 0.25) is 0 Å². The molecule has 0 bridgehead atoms. The highest BCUT2D eigenvalue weighted by molar-refractivity contribution is 7.91. The second kappa shape index (κ2) is 7.39. The van der Waals surface area contributed by atoms with E-state index in [1.54, 1.807) is 30.3 Å². The third-order valence-corrected chi connectivity index (χ3v) is 5.18. The summed E-state index contributed by atoms with van der Waals surface area (Å²) in [5.41, 5.74) is 1.60. The van der Waals surface area contributed by atoms with Crippen molar-refractivity contribution < 1.29 is 18.3 Å². The molecule has 0 atom stereocenters. The van der Waals surface area contributed by atoms with E-state index in [1.807, 2.05) is 19.1 Å². The van der Waals surface area contributed by atoms with E-state index in [-0.39, 0.29) is 17.2 Å². The lowest BCUT2D eigenvalue weighted by atomic mass is 10.2. The highest BCUT2D eigenvalue weighted by Gasteiger charge is 2.20. The second-order valence-electron chi connectivity index (χ2n) is 5.17. The van der Waals surface area contributed by atoms with Crippen LogP contribution >= 0.6 is 0 Å². The Morgan fingerprint density at radius 1 is 1.04 bits per heavy atom. The van der Waals surface area contributed by atoms with E-state index < -0.39 is 22.4 Å². The monoisotopic (exact) mass is 333 g/mol. The highest BCUT2D eigenvalue weighted by Crippen LogP contribution is 2.17. The number of benzene rings is 2. The molecule has 0 radical (unpaired) electrons. The third kappa shape index (κ3) is 4.40. The highest BCUT2D eigenvalue weighted by atomic mass is 32.2. The Bertz CT molecular complexity index is 755. The summed E-state index contributed by atoms with van der Waals surface area (Å²) in [6.07, 6.45) is 0. The first-order valence-electron chi connectivity index (χ1n) is 7.20. The molecule has 6 heteroatoms. The molecule has 0 unspecified atom stereocenters. The summed E-state index contributed by atoms with van der Waals surface area (Å²) in [4.78, 5) is 13.4. The molecule has 1 N–H and O–H groups in total. The molecule has 0 aliphatic rings. The molecule has 0 saturated carbocycles. The predicted molar refractivity (Wildman–Crippen MR) is 89.1 cm³/mol. The van der Waals surface area contributed by atoms with Crippen LogP contribution in [0.5, 0.6) is 0 Å². The maximum atomic E-state index is 12.3. The number of aryl methyl sites for hydroxylation is 1. The van der Waals surface area contributed by atoms with Crippen LogP contribution in [0.4, 0.5) is 5.69 Å². The van der Waals surface area contributed by atoms with Gasteiger partial charge < -0.3 is 10.0 Å². The zero-order valence-electron chi connectivity index (χ0n) is 12.8. The van der Waals surface area contributed by atoms with Gasteiger partial charge in [0, 0.05) is 12.2 Å². The molecule has 0 heterocycles. The van der Waals surface area contributed by atoms with Crippen molar-refractivity contribution in [3.05, 3.63) is 60.2 Å². The van der Waals surface area contributed by atoms with Crippen LogP contribution in [0.25, 0.3) is 0 Å². The number of sulfone groups is 1. The Morgan fingerprint density at radius 2 is 1.65 bits per heavy atom. The van der Waals surface area contributed by atoms with Crippen molar-refractivity contribution >= 4 is 21.4 Å². The van der Waals surface area contributed by atoms with Crippen LogP contribution in [0.1, 0.15) is 5.56 Å². The molecule has 1 amide bonds. The van der Waals surface area contributed by atoms with Crippen molar-refractivity contribution in [3.63, 3.8) is 0 Å². The summed E-state index contributed by atoms with van der Waals surface area (Å²) >= 11 is 0. The lowest BCUT2D eigenvalue weighted by molar-refractivity contribution is -0.121. The van der Waals surface area contributed by atoms with Gasteiger partial charge in [0.1, 0.15) is 6.61 Å². The first-order valence-corrected chi connectivity index (χ1v) is 8.85. The normalized spacial score (nSPS) is 11.2. The lowest BCUT2D eigenvalue weighted by Gasteiger charge is -2.22. The van der Waals surface area contributed by atoms with Crippen LogP contribution in [-0.4, -0.2) is 38.3 Å². The zero-order chi connectivity index (χ0) is 16.9. The number of aliphatic hydroxyl groups is 1. The molecule has 2 aromatic rings. The number of carbonyl (C=O) groups is 1. The fourth-order valence-electron chi connectivity index (χ4n) is 2.17.